The zero-order chi connectivity index (χ0) is 16.6. The van der Waals surface area contributed by atoms with Gasteiger partial charge in [0.1, 0.15) is 5.56 Å². The zero-order valence-electron chi connectivity index (χ0n) is 11.8. The van der Waals surface area contributed by atoms with Crippen molar-refractivity contribution in [2.45, 2.75) is 6.18 Å². The molecule has 3 rings (SSSR count). The summed E-state index contributed by atoms with van der Waals surface area (Å²) in [5, 5.41) is 4.17. The van der Waals surface area contributed by atoms with Crippen LogP contribution in [0, 0.1) is 0 Å². The molecule has 0 aliphatic carbocycles. The highest BCUT2D eigenvalue weighted by Crippen LogP contribution is 2.30. The molecule has 0 atom stereocenters. The van der Waals surface area contributed by atoms with Gasteiger partial charge in [-0.15, -0.1) is 5.10 Å². The molecule has 0 spiro atoms. The summed E-state index contributed by atoms with van der Waals surface area (Å²) in [6.45, 7) is 0. The fourth-order valence-corrected chi connectivity index (χ4v) is 2.11. The van der Waals surface area contributed by atoms with Gasteiger partial charge >= 0.3 is 12.1 Å². The maximum Gasteiger partial charge on any atom is 0.416 e. The number of benzene rings is 1. The van der Waals surface area contributed by atoms with Crippen LogP contribution in [0.3, 0.4) is 0 Å². The number of alkyl halides is 3. The molecule has 0 bridgehead atoms. The Kier molecular flexibility index (Phi) is 3.51. The SMILES string of the molecule is COC(=O)c1cccn2nc(-c3ccc(C(F)(F)F)cc3)nc12. The lowest BCUT2D eigenvalue weighted by Crippen LogP contribution is -2.04. The molecular formula is C15H10F3N3O2. The molecular weight excluding hydrogens is 311 g/mol. The maximum absolute atomic E-state index is 12.6. The van der Waals surface area contributed by atoms with Gasteiger partial charge in [-0.1, -0.05) is 12.1 Å². The molecule has 8 heteroatoms. The number of hydrogen-bond acceptors (Lipinski definition) is 4. The van der Waals surface area contributed by atoms with E-state index in [9.17, 15) is 18.0 Å². The average Bonchev–Trinajstić information content (AvgIpc) is 2.97. The largest absolute Gasteiger partial charge is 0.465 e. The molecule has 0 fully saturated rings. The van der Waals surface area contributed by atoms with Crippen molar-refractivity contribution in [3.63, 3.8) is 0 Å². The van der Waals surface area contributed by atoms with Gasteiger partial charge in [-0.2, -0.15) is 13.2 Å². The molecule has 2 aromatic heterocycles. The first kappa shape index (κ1) is 15.0. The van der Waals surface area contributed by atoms with Gasteiger partial charge in [0.15, 0.2) is 11.5 Å². The monoisotopic (exact) mass is 321 g/mol. The van der Waals surface area contributed by atoms with Crippen LogP contribution in [0.1, 0.15) is 15.9 Å². The first-order valence-electron chi connectivity index (χ1n) is 6.51. The standard InChI is InChI=1S/C15H10F3N3O2/c1-23-14(22)11-3-2-8-21-13(11)19-12(20-21)9-4-6-10(7-5-9)15(16,17)18/h2-8H,1H3. The van der Waals surface area contributed by atoms with E-state index >= 15 is 0 Å². The smallest absolute Gasteiger partial charge is 0.416 e. The van der Waals surface area contributed by atoms with Gasteiger partial charge in [-0.05, 0) is 24.3 Å². The third kappa shape index (κ3) is 2.75. The minimum absolute atomic E-state index is 0.218. The number of carbonyl (C=O) groups is 1. The van der Waals surface area contributed by atoms with Gasteiger partial charge in [-0.3, -0.25) is 0 Å². The van der Waals surface area contributed by atoms with E-state index in [0.29, 0.717) is 5.56 Å². The molecule has 0 radical (unpaired) electrons. The van der Waals surface area contributed by atoms with Gasteiger partial charge < -0.3 is 4.74 Å². The van der Waals surface area contributed by atoms with Crippen LogP contribution in [-0.2, 0) is 10.9 Å². The lowest BCUT2D eigenvalue weighted by molar-refractivity contribution is -0.137. The highest BCUT2D eigenvalue weighted by atomic mass is 19.4. The van der Waals surface area contributed by atoms with Crippen molar-refractivity contribution in [1.29, 1.82) is 0 Å². The minimum Gasteiger partial charge on any atom is -0.465 e. The molecule has 0 amide bonds. The number of pyridine rings is 1. The van der Waals surface area contributed by atoms with Crippen molar-refractivity contribution in [2.75, 3.05) is 7.11 Å². The Bertz CT molecular complexity index is 870. The Hall–Kier alpha value is -2.90. The molecule has 0 unspecified atom stereocenters. The van der Waals surface area contributed by atoms with E-state index in [-0.39, 0.29) is 17.0 Å². The quantitative estimate of drug-likeness (QED) is 0.680. The molecule has 3 aromatic rings. The summed E-state index contributed by atoms with van der Waals surface area (Å²) in [5.41, 5.74) is 0.160. The highest BCUT2D eigenvalue weighted by Gasteiger charge is 2.30. The fraction of sp³-hybridized carbons (Fsp3) is 0.133. The first-order valence-corrected chi connectivity index (χ1v) is 6.51. The van der Waals surface area contributed by atoms with Gasteiger partial charge in [0.2, 0.25) is 0 Å². The molecule has 118 valence electrons. The second-order valence-corrected chi connectivity index (χ2v) is 4.69. The maximum atomic E-state index is 12.6. The van der Waals surface area contributed by atoms with Crippen molar-refractivity contribution in [3.05, 3.63) is 53.7 Å². The molecule has 23 heavy (non-hydrogen) atoms. The summed E-state index contributed by atoms with van der Waals surface area (Å²) >= 11 is 0. The fourth-order valence-electron chi connectivity index (χ4n) is 2.11. The van der Waals surface area contributed by atoms with E-state index in [1.807, 2.05) is 0 Å². The van der Waals surface area contributed by atoms with Crippen molar-refractivity contribution < 1.29 is 22.7 Å². The number of methoxy groups -OCH3 is 1. The van der Waals surface area contributed by atoms with Crippen LogP contribution in [-0.4, -0.2) is 27.7 Å². The lowest BCUT2D eigenvalue weighted by atomic mass is 10.1. The second kappa shape index (κ2) is 5.38. The third-order valence-corrected chi connectivity index (χ3v) is 3.24. The van der Waals surface area contributed by atoms with Crippen LogP contribution in [0.5, 0.6) is 0 Å². The number of nitrogens with zero attached hydrogens (tertiary/aromatic N) is 3. The van der Waals surface area contributed by atoms with Crippen molar-refractivity contribution in [1.82, 2.24) is 14.6 Å². The van der Waals surface area contributed by atoms with E-state index in [2.05, 4.69) is 14.8 Å². The highest BCUT2D eigenvalue weighted by molar-refractivity contribution is 5.95. The van der Waals surface area contributed by atoms with Crippen LogP contribution in [0.15, 0.2) is 42.6 Å². The molecule has 5 nitrogen and oxygen atoms in total. The number of rotatable bonds is 2. The van der Waals surface area contributed by atoms with Crippen LogP contribution in [0.4, 0.5) is 13.2 Å². The summed E-state index contributed by atoms with van der Waals surface area (Å²) < 4.78 is 43.8. The van der Waals surface area contributed by atoms with Crippen LogP contribution < -0.4 is 0 Å². The summed E-state index contributed by atoms with van der Waals surface area (Å²) in [6.07, 6.45) is -2.81. The minimum atomic E-state index is -4.40. The Balaban J connectivity index is 2.06. The summed E-state index contributed by atoms with van der Waals surface area (Å²) in [6, 6.07) is 7.63. The van der Waals surface area contributed by atoms with E-state index in [4.69, 9.17) is 0 Å². The topological polar surface area (TPSA) is 56.5 Å². The van der Waals surface area contributed by atoms with Gasteiger partial charge in [0.25, 0.3) is 0 Å². The predicted octanol–water partition coefficient (Wildman–Crippen LogP) is 3.20. The van der Waals surface area contributed by atoms with Gasteiger partial charge in [0, 0.05) is 11.8 Å². The van der Waals surface area contributed by atoms with Crippen LogP contribution in [0.25, 0.3) is 17.0 Å². The van der Waals surface area contributed by atoms with E-state index < -0.39 is 17.7 Å². The van der Waals surface area contributed by atoms with Crippen molar-refractivity contribution in [2.24, 2.45) is 0 Å². The molecule has 0 aliphatic rings. The van der Waals surface area contributed by atoms with E-state index in [1.165, 1.54) is 29.8 Å². The van der Waals surface area contributed by atoms with Gasteiger partial charge in [-0.25, -0.2) is 14.3 Å². The Morgan fingerprint density at radius 3 is 2.48 bits per heavy atom. The Morgan fingerprint density at radius 1 is 1.17 bits per heavy atom. The van der Waals surface area contributed by atoms with E-state index in [1.54, 1.807) is 12.3 Å². The molecule has 2 heterocycles. The number of carbonyl (C=O) groups excluding carboxylic acids is 1. The molecule has 1 aromatic carbocycles. The normalized spacial score (nSPS) is 11.7. The summed E-state index contributed by atoms with van der Waals surface area (Å²) in [4.78, 5) is 15.9. The number of ether oxygens (including phenoxy) is 1. The predicted molar refractivity (Wildman–Crippen MR) is 74.8 cm³/mol. The molecule has 0 aliphatic heterocycles. The number of fused-ring (bicyclic) bond motifs is 1. The first-order chi connectivity index (χ1) is 10.9. The second-order valence-electron chi connectivity index (χ2n) is 4.69. The van der Waals surface area contributed by atoms with Crippen LogP contribution in [0.2, 0.25) is 0 Å². The molecule has 0 saturated carbocycles. The summed E-state index contributed by atoms with van der Waals surface area (Å²) in [7, 11) is 1.25. The Morgan fingerprint density at radius 2 is 1.87 bits per heavy atom. The van der Waals surface area contributed by atoms with Gasteiger partial charge in [0.05, 0.1) is 12.7 Å². The average molecular weight is 321 g/mol. The number of aromatic nitrogens is 3. The molecule has 0 N–H and O–H groups in total. The summed E-state index contributed by atoms with van der Waals surface area (Å²) in [5.74, 6) is -0.350. The lowest BCUT2D eigenvalue weighted by Gasteiger charge is -2.05. The van der Waals surface area contributed by atoms with Crippen molar-refractivity contribution >= 4 is 11.6 Å². The number of hydrogen-bond donors (Lipinski definition) is 0. The Labute approximate surface area is 128 Å². The van der Waals surface area contributed by atoms with Crippen molar-refractivity contribution in [3.8, 4) is 11.4 Å². The number of esters is 1. The number of halogens is 3. The third-order valence-electron chi connectivity index (χ3n) is 3.24. The zero-order valence-corrected chi connectivity index (χ0v) is 11.8. The van der Waals surface area contributed by atoms with E-state index in [0.717, 1.165) is 12.1 Å². The van der Waals surface area contributed by atoms with Crippen LogP contribution >= 0.6 is 0 Å². The molecule has 0 saturated heterocycles.